The van der Waals surface area contributed by atoms with E-state index in [4.69, 9.17) is 4.74 Å². The first kappa shape index (κ1) is 20.9. The molecule has 4 nitrogen and oxygen atoms in total. The fourth-order valence-corrected chi connectivity index (χ4v) is 7.64. The summed E-state index contributed by atoms with van der Waals surface area (Å²) in [6.07, 6.45) is 12.7. The molecule has 4 aliphatic carbocycles. The molecule has 3 unspecified atom stereocenters. The molecule has 0 saturated heterocycles. The van der Waals surface area contributed by atoms with Gasteiger partial charge >= 0.3 is 5.97 Å². The van der Waals surface area contributed by atoms with E-state index in [9.17, 15) is 15.0 Å². The van der Waals surface area contributed by atoms with Crippen LogP contribution in [-0.4, -0.2) is 27.9 Å². The summed E-state index contributed by atoms with van der Waals surface area (Å²) in [6, 6.07) is 0. The summed E-state index contributed by atoms with van der Waals surface area (Å²) in [5.74, 6) is 0.577. The minimum atomic E-state index is -0.705. The number of fused-ring (bicyclic) bond motifs is 5. The molecule has 0 amide bonds. The number of aliphatic hydroxyl groups excluding tert-OH is 1. The van der Waals surface area contributed by atoms with E-state index in [1.54, 1.807) is 12.3 Å². The topological polar surface area (TPSA) is 66.8 Å². The van der Waals surface area contributed by atoms with E-state index in [1.807, 2.05) is 0 Å². The van der Waals surface area contributed by atoms with E-state index in [-0.39, 0.29) is 34.7 Å². The predicted molar refractivity (Wildman–Crippen MR) is 113 cm³/mol. The molecule has 3 fully saturated rings. The lowest BCUT2D eigenvalue weighted by Gasteiger charge is -2.61. The van der Waals surface area contributed by atoms with Crippen LogP contribution >= 0.6 is 0 Å². The van der Waals surface area contributed by atoms with Crippen molar-refractivity contribution in [1.29, 1.82) is 0 Å². The summed E-state index contributed by atoms with van der Waals surface area (Å²) in [5.41, 5.74) is 1.51. The van der Waals surface area contributed by atoms with Crippen LogP contribution < -0.4 is 0 Å². The second-order valence-electron chi connectivity index (χ2n) is 10.4. The molecule has 0 aromatic heterocycles. The van der Waals surface area contributed by atoms with Gasteiger partial charge in [-0.15, -0.1) is 0 Å². The molecule has 3 saturated carbocycles. The molecule has 4 heteroatoms. The summed E-state index contributed by atoms with van der Waals surface area (Å²) in [4.78, 5) is 11.3. The SMILES string of the molecule is C=C/C(=C\OC(C)=O)[C@H]1CC[C@]2(O)C3CCC4=CC(O)CC[C@]4(C)C3CC[C@]12C. The lowest BCUT2D eigenvalue weighted by molar-refractivity contribution is -0.181. The van der Waals surface area contributed by atoms with Crippen molar-refractivity contribution in [3.8, 4) is 0 Å². The van der Waals surface area contributed by atoms with Gasteiger partial charge in [-0.1, -0.05) is 38.2 Å². The lowest BCUT2D eigenvalue weighted by Crippen LogP contribution is -2.60. The van der Waals surface area contributed by atoms with Crippen LogP contribution in [0.15, 0.2) is 36.1 Å². The van der Waals surface area contributed by atoms with Crippen LogP contribution in [0.4, 0.5) is 0 Å². The zero-order valence-electron chi connectivity index (χ0n) is 18.1. The van der Waals surface area contributed by atoms with E-state index in [2.05, 4.69) is 26.5 Å². The Morgan fingerprint density at radius 2 is 1.93 bits per heavy atom. The summed E-state index contributed by atoms with van der Waals surface area (Å²) >= 11 is 0. The molecule has 4 aliphatic rings. The fourth-order valence-electron chi connectivity index (χ4n) is 7.64. The molecule has 0 spiro atoms. The monoisotopic (exact) mass is 400 g/mol. The lowest BCUT2D eigenvalue weighted by atomic mass is 9.45. The van der Waals surface area contributed by atoms with E-state index >= 15 is 0 Å². The average Bonchev–Trinajstić information content (AvgIpc) is 2.95. The highest BCUT2D eigenvalue weighted by Crippen LogP contribution is 2.69. The van der Waals surface area contributed by atoms with Crippen molar-refractivity contribution in [3.05, 3.63) is 36.1 Å². The van der Waals surface area contributed by atoms with Crippen LogP contribution in [0.25, 0.3) is 0 Å². The summed E-state index contributed by atoms with van der Waals surface area (Å²) < 4.78 is 5.18. The number of hydrogen-bond acceptors (Lipinski definition) is 4. The van der Waals surface area contributed by atoms with Crippen LogP contribution in [0.1, 0.15) is 72.1 Å². The van der Waals surface area contributed by atoms with Crippen LogP contribution in [0.2, 0.25) is 0 Å². The Kier molecular flexibility index (Phi) is 5.10. The van der Waals surface area contributed by atoms with Crippen LogP contribution in [0.5, 0.6) is 0 Å². The predicted octanol–water partition coefficient (Wildman–Crippen LogP) is 4.67. The van der Waals surface area contributed by atoms with E-state index in [0.29, 0.717) is 5.92 Å². The third-order valence-electron chi connectivity index (χ3n) is 9.27. The second kappa shape index (κ2) is 7.09. The van der Waals surface area contributed by atoms with Gasteiger partial charge in [0.05, 0.1) is 18.0 Å². The average molecular weight is 401 g/mol. The highest BCUT2D eigenvalue weighted by atomic mass is 16.5. The molecule has 160 valence electrons. The highest BCUT2D eigenvalue weighted by molar-refractivity contribution is 5.66. The van der Waals surface area contributed by atoms with Crippen LogP contribution in [0, 0.1) is 28.6 Å². The summed E-state index contributed by atoms with van der Waals surface area (Å²) in [5, 5.41) is 22.3. The Bertz CT molecular complexity index is 767. The number of rotatable bonds is 3. The number of hydrogen-bond donors (Lipinski definition) is 2. The van der Waals surface area contributed by atoms with Crippen molar-refractivity contribution in [3.63, 3.8) is 0 Å². The number of esters is 1. The maximum absolute atomic E-state index is 12.2. The van der Waals surface area contributed by atoms with Crippen LogP contribution in [-0.2, 0) is 9.53 Å². The molecule has 0 radical (unpaired) electrons. The first-order valence-electron chi connectivity index (χ1n) is 11.3. The van der Waals surface area contributed by atoms with Crippen molar-refractivity contribution < 1.29 is 19.7 Å². The number of carbonyl (C=O) groups is 1. The zero-order chi connectivity index (χ0) is 21.0. The molecular formula is C25H36O4. The van der Waals surface area contributed by atoms with Gasteiger partial charge in [-0.25, -0.2) is 0 Å². The van der Waals surface area contributed by atoms with Crippen LogP contribution in [0.3, 0.4) is 0 Å². The number of aliphatic hydroxyl groups is 2. The van der Waals surface area contributed by atoms with Crippen molar-refractivity contribution >= 4 is 5.97 Å². The molecule has 2 N–H and O–H groups in total. The number of carbonyl (C=O) groups excluding carboxylic acids is 1. The molecule has 0 aliphatic heterocycles. The fraction of sp³-hybridized carbons (Fsp3) is 0.720. The Labute approximate surface area is 174 Å². The first-order valence-corrected chi connectivity index (χ1v) is 11.3. The number of allylic oxidation sites excluding steroid dienone is 3. The van der Waals surface area contributed by atoms with Gasteiger partial charge in [-0.05, 0) is 80.1 Å². The van der Waals surface area contributed by atoms with Gasteiger partial charge in [-0.3, -0.25) is 4.79 Å². The maximum atomic E-state index is 12.2. The number of ether oxygens (including phenoxy) is 1. The Hall–Kier alpha value is -1.39. The quantitative estimate of drug-likeness (QED) is 0.313. The largest absolute Gasteiger partial charge is 0.434 e. The Morgan fingerprint density at radius 1 is 1.17 bits per heavy atom. The molecule has 0 bridgehead atoms. The third-order valence-corrected chi connectivity index (χ3v) is 9.27. The molecule has 0 aromatic rings. The molecule has 7 atom stereocenters. The van der Waals surface area contributed by atoms with Crippen molar-refractivity contribution in [2.24, 2.45) is 28.6 Å². The minimum Gasteiger partial charge on any atom is -0.434 e. The standard InChI is InChI=1S/C25H36O4/c1-5-17(15-29-16(2)26)20-10-13-25(28)22-7-6-18-14-19(27)8-11-23(18,3)21(22)9-12-24(20,25)4/h5,14-15,19-22,27-28H,1,6-13H2,2-4H3/b17-15+/t19?,20-,21?,22?,23+,24-,25+/m1/s1. The second-order valence-corrected chi connectivity index (χ2v) is 10.4. The van der Waals surface area contributed by atoms with Gasteiger partial charge in [0.15, 0.2) is 0 Å². The van der Waals surface area contributed by atoms with Gasteiger partial charge < -0.3 is 14.9 Å². The van der Waals surface area contributed by atoms with E-state index in [0.717, 1.165) is 56.9 Å². The molecular weight excluding hydrogens is 364 g/mol. The zero-order valence-corrected chi connectivity index (χ0v) is 18.1. The normalized spacial score (nSPS) is 46.8. The van der Waals surface area contributed by atoms with E-state index in [1.165, 1.54) is 12.5 Å². The molecule has 29 heavy (non-hydrogen) atoms. The Morgan fingerprint density at radius 3 is 2.62 bits per heavy atom. The maximum Gasteiger partial charge on any atom is 0.307 e. The van der Waals surface area contributed by atoms with Gasteiger partial charge in [0.2, 0.25) is 0 Å². The van der Waals surface area contributed by atoms with Crippen molar-refractivity contribution in [1.82, 2.24) is 0 Å². The van der Waals surface area contributed by atoms with E-state index < -0.39 is 5.60 Å². The van der Waals surface area contributed by atoms with Crippen molar-refractivity contribution in [2.45, 2.75) is 83.8 Å². The van der Waals surface area contributed by atoms with Gasteiger partial charge in [0.1, 0.15) is 0 Å². The van der Waals surface area contributed by atoms with Crippen molar-refractivity contribution in [2.75, 3.05) is 0 Å². The molecule has 0 heterocycles. The van der Waals surface area contributed by atoms with Gasteiger partial charge in [0.25, 0.3) is 0 Å². The summed E-state index contributed by atoms with van der Waals surface area (Å²) in [6.45, 7) is 9.97. The van der Waals surface area contributed by atoms with Gasteiger partial charge in [-0.2, -0.15) is 0 Å². The van der Waals surface area contributed by atoms with Gasteiger partial charge in [0, 0.05) is 12.3 Å². The molecule has 0 aromatic carbocycles. The minimum absolute atomic E-state index is 0.103. The highest BCUT2D eigenvalue weighted by Gasteiger charge is 2.66. The molecule has 4 rings (SSSR count). The summed E-state index contributed by atoms with van der Waals surface area (Å²) in [7, 11) is 0. The Balaban J connectivity index is 1.66. The first-order chi connectivity index (χ1) is 13.7. The smallest absolute Gasteiger partial charge is 0.307 e. The third kappa shape index (κ3) is 2.97.